The molecule has 1 atom stereocenters. The molecule has 0 aliphatic heterocycles. The van der Waals surface area contributed by atoms with Gasteiger partial charge in [-0.1, -0.05) is 6.07 Å². The molecule has 72 valence electrons. The SMILES string of the molecule is CC(Cl)S(=O)(=O)c1cccc(F)c1. The van der Waals surface area contributed by atoms with E-state index in [0.717, 1.165) is 6.07 Å². The quantitative estimate of drug-likeness (QED) is 0.719. The van der Waals surface area contributed by atoms with E-state index in [1.165, 1.54) is 25.1 Å². The summed E-state index contributed by atoms with van der Waals surface area (Å²) in [6.45, 7) is 1.34. The predicted octanol–water partition coefficient (Wildman–Crippen LogP) is 2.18. The van der Waals surface area contributed by atoms with Crippen LogP contribution < -0.4 is 0 Å². The third-order valence-electron chi connectivity index (χ3n) is 1.55. The predicted molar refractivity (Wildman–Crippen MR) is 48.9 cm³/mol. The molecule has 2 nitrogen and oxygen atoms in total. The number of hydrogen-bond acceptors (Lipinski definition) is 2. The number of benzene rings is 1. The molecule has 1 rings (SSSR count). The van der Waals surface area contributed by atoms with Gasteiger partial charge in [-0.15, -0.1) is 11.6 Å². The van der Waals surface area contributed by atoms with Crippen molar-refractivity contribution in [3.05, 3.63) is 30.1 Å². The molecular weight excluding hydrogens is 215 g/mol. The van der Waals surface area contributed by atoms with Gasteiger partial charge in [0.25, 0.3) is 0 Å². The van der Waals surface area contributed by atoms with Crippen LogP contribution >= 0.6 is 11.6 Å². The van der Waals surface area contributed by atoms with Crippen LogP contribution in [0.15, 0.2) is 29.2 Å². The van der Waals surface area contributed by atoms with E-state index in [4.69, 9.17) is 11.6 Å². The fourth-order valence-electron chi connectivity index (χ4n) is 0.831. The molecule has 0 aliphatic rings. The lowest BCUT2D eigenvalue weighted by molar-refractivity contribution is 0.589. The molecule has 0 aromatic heterocycles. The summed E-state index contributed by atoms with van der Waals surface area (Å²) in [4.78, 5) is -0.0880. The van der Waals surface area contributed by atoms with Crippen molar-refractivity contribution in [3.63, 3.8) is 0 Å². The van der Waals surface area contributed by atoms with Crippen LogP contribution in [0, 0.1) is 5.82 Å². The van der Waals surface area contributed by atoms with Gasteiger partial charge in [-0.05, 0) is 25.1 Å². The van der Waals surface area contributed by atoms with Crippen molar-refractivity contribution in [1.82, 2.24) is 0 Å². The van der Waals surface area contributed by atoms with Crippen molar-refractivity contribution in [2.75, 3.05) is 0 Å². The standard InChI is InChI=1S/C8H8ClFO2S/c1-6(9)13(11,12)8-4-2-3-7(10)5-8/h2-6H,1H3. The molecule has 5 heteroatoms. The fraction of sp³-hybridized carbons (Fsp3) is 0.250. The van der Waals surface area contributed by atoms with Crippen LogP contribution in [0.2, 0.25) is 0 Å². The number of rotatable bonds is 2. The Balaban J connectivity index is 3.24. The number of hydrogen-bond donors (Lipinski definition) is 0. The Hall–Kier alpha value is -0.610. The first-order chi connectivity index (χ1) is 5.94. The fourth-order valence-corrected chi connectivity index (χ4v) is 2.06. The maximum absolute atomic E-state index is 12.7. The van der Waals surface area contributed by atoms with Gasteiger partial charge in [0.05, 0.1) is 4.90 Å². The van der Waals surface area contributed by atoms with Gasteiger partial charge in [-0.2, -0.15) is 0 Å². The highest BCUT2D eigenvalue weighted by Gasteiger charge is 2.20. The summed E-state index contributed by atoms with van der Waals surface area (Å²) in [6, 6.07) is 4.78. The molecule has 0 fully saturated rings. The van der Waals surface area contributed by atoms with Crippen molar-refractivity contribution in [2.24, 2.45) is 0 Å². The van der Waals surface area contributed by atoms with Crippen molar-refractivity contribution < 1.29 is 12.8 Å². The normalized spacial score (nSPS) is 14.1. The molecule has 0 saturated carbocycles. The molecule has 1 aromatic rings. The Morgan fingerprint density at radius 3 is 2.54 bits per heavy atom. The first-order valence-electron chi connectivity index (χ1n) is 3.58. The minimum atomic E-state index is -3.57. The van der Waals surface area contributed by atoms with Crippen molar-refractivity contribution in [2.45, 2.75) is 16.5 Å². The number of alkyl halides is 1. The first kappa shape index (κ1) is 10.5. The summed E-state index contributed by atoms with van der Waals surface area (Å²) < 4.78 is 34.4. The Morgan fingerprint density at radius 2 is 2.08 bits per heavy atom. The summed E-state index contributed by atoms with van der Waals surface area (Å²) in [5.74, 6) is -0.585. The lowest BCUT2D eigenvalue weighted by Crippen LogP contribution is -2.11. The van der Waals surface area contributed by atoms with Crippen molar-refractivity contribution in [1.29, 1.82) is 0 Å². The van der Waals surface area contributed by atoms with Gasteiger partial charge in [0, 0.05) is 0 Å². The zero-order valence-electron chi connectivity index (χ0n) is 6.87. The van der Waals surface area contributed by atoms with Crippen LogP contribution in [-0.4, -0.2) is 13.1 Å². The zero-order valence-corrected chi connectivity index (χ0v) is 8.44. The van der Waals surface area contributed by atoms with Gasteiger partial charge >= 0.3 is 0 Å². The molecular formula is C8H8ClFO2S. The topological polar surface area (TPSA) is 34.1 Å². The summed E-state index contributed by atoms with van der Waals surface area (Å²) >= 11 is 5.45. The average Bonchev–Trinajstić information content (AvgIpc) is 2.04. The lowest BCUT2D eigenvalue weighted by atomic mass is 10.4. The number of halogens is 2. The van der Waals surface area contributed by atoms with Crippen molar-refractivity contribution >= 4 is 21.4 Å². The number of sulfone groups is 1. The van der Waals surface area contributed by atoms with E-state index in [1.54, 1.807) is 0 Å². The molecule has 0 N–H and O–H groups in total. The van der Waals surface area contributed by atoms with Gasteiger partial charge in [0.15, 0.2) is 9.84 Å². The van der Waals surface area contributed by atoms with Gasteiger partial charge in [0.1, 0.15) is 10.5 Å². The monoisotopic (exact) mass is 222 g/mol. The van der Waals surface area contributed by atoms with E-state index in [-0.39, 0.29) is 4.90 Å². The summed E-state index contributed by atoms with van der Waals surface area (Å²) in [5.41, 5.74) is 0. The molecule has 0 heterocycles. The zero-order chi connectivity index (χ0) is 10.1. The third-order valence-corrected chi connectivity index (χ3v) is 4.02. The molecule has 0 amide bonds. The first-order valence-corrected chi connectivity index (χ1v) is 5.56. The Morgan fingerprint density at radius 1 is 1.46 bits per heavy atom. The Labute approximate surface area is 81.3 Å². The Bertz CT molecular complexity index is 400. The smallest absolute Gasteiger partial charge is 0.194 e. The van der Waals surface area contributed by atoms with Crippen LogP contribution in [0.1, 0.15) is 6.92 Å². The van der Waals surface area contributed by atoms with Gasteiger partial charge in [-0.3, -0.25) is 0 Å². The van der Waals surface area contributed by atoms with E-state index in [0.29, 0.717) is 0 Å². The molecule has 1 aromatic carbocycles. The van der Waals surface area contributed by atoms with Gasteiger partial charge < -0.3 is 0 Å². The Kier molecular flexibility index (Phi) is 2.93. The highest BCUT2D eigenvalue weighted by Crippen LogP contribution is 2.18. The highest BCUT2D eigenvalue weighted by molar-refractivity contribution is 7.93. The van der Waals surface area contributed by atoms with E-state index < -0.39 is 20.4 Å². The molecule has 0 bridgehead atoms. The maximum Gasteiger partial charge on any atom is 0.194 e. The van der Waals surface area contributed by atoms with Crippen LogP contribution in [0.4, 0.5) is 4.39 Å². The van der Waals surface area contributed by atoms with Crippen molar-refractivity contribution in [3.8, 4) is 0 Å². The second kappa shape index (κ2) is 3.64. The summed E-state index contributed by atoms with van der Waals surface area (Å²) in [5, 5.41) is 0. The minimum Gasteiger partial charge on any atom is -0.222 e. The van der Waals surface area contributed by atoms with E-state index in [2.05, 4.69) is 0 Å². The van der Waals surface area contributed by atoms with Crippen LogP contribution in [0.25, 0.3) is 0 Å². The minimum absolute atomic E-state index is 0.0880. The second-order valence-corrected chi connectivity index (χ2v) is 5.73. The molecule has 0 saturated heterocycles. The maximum atomic E-state index is 12.7. The molecule has 0 aliphatic carbocycles. The van der Waals surface area contributed by atoms with E-state index in [1.807, 2.05) is 0 Å². The molecule has 1 unspecified atom stereocenters. The second-order valence-electron chi connectivity index (χ2n) is 2.55. The van der Waals surface area contributed by atoms with Gasteiger partial charge in [-0.25, -0.2) is 12.8 Å². The molecule has 0 spiro atoms. The van der Waals surface area contributed by atoms with E-state index >= 15 is 0 Å². The van der Waals surface area contributed by atoms with E-state index in [9.17, 15) is 12.8 Å². The van der Waals surface area contributed by atoms with Crippen LogP contribution in [-0.2, 0) is 9.84 Å². The molecule has 0 radical (unpaired) electrons. The summed E-state index contributed by atoms with van der Waals surface area (Å²) in [6.07, 6.45) is 0. The van der Waals surface area contributed by atoms with Crippen LogP contribution in [0.5, 0.6) is 0 Å². The van der Waals surface area contributed by atoms with Crippen LogP contribution in [0.3, 0.4) is 0 Å². The third kappa shape index (κ3) is 2.19. The van der Waals surface area contributed by atoms with Gasteiger partial charge in [0.2, 0.25) is 0 Å². The highest BCUT2D eigenvalue weighted by atomic mass is 35.5. The average molecular weight is 223 g/mol. The lowest BCUT2D eigenvalue weighted by Gasteiger charge is -2.05. The molecule has 13 heavy (non-hydrogen) atoms. The summed E-state index contributed by atoms with van der Waals surface area (Å²) in [7, 11) is -3.57. The largest absolute Gasteiger partial charge is 0.222 e.